The van der Waals surface area contributed by atoms with Gasteiger partial charge in [0.1, 0.15) is 0 Å². The van der Waals surface area contributed by atoms with Crippen LogP contribution in [0.2, 0.25) is 0 Å². The van der Waals surface area contributed by atoms with E-state index in [-0.39, 0.29) is 4.90 Å². The highest BCUT2D eigenvalue weighted by atomic mass is 32.2. The molecule has 0 bridgehead atoms. The molecule has 7 heteroatoms. The molecule has 1 heterocycles. The minimum absolute atomic E-state index is 0.0677. The van der Waals surface area contributed by atoms with Crippen molar-refractivity contribution in [3.63, 3.8) is 0 Å². The largest absolute Gasteiger partial charge is 0.399 e. The molecule has 1 aromatic rings. The van der Waals surface area contributed by atoms with Crippen molar-refractivity contribution < 1.29 is 8.42 Å². The molecule has 1 unspecified atom stereocenters. The predicted octanol–water partition coefficient (Wildman–Crippen LogP) is 0.447. The lowest BCUT2D eigenvalue weighted by Crippen LogP contribution is -2.51. The van der Waals surface area contributed by atoms with Gasteiger partial charge < -0.3 is 10.6 Å². The Morgan fingerprint density at radius 1 is 1.30 bits per heavy atom. The SMILES string of the molecule is CCN1CCN(c2cc(N)cc(S(N)(=O)=O)c2)CC1C. The lowest BCUT2D eigenvalue weighted by atomic mass is 10.1. The number of piperazine rings is 1. The smallest absolute Gasteiger partial charge is 0.238 e. The van der Waals surface area contributed by atoms with Crippen molar-refractivity contribution in [2.24, 2.45) is 5.14 Å². The number of likely N-dealkylation sites (N-methyl/N-ethyl adjacent to an activating group) is 1. The van der Waals surface area contributed by atoms with Gasteiger partial charge in [-0.15, -0.1) is 0 Å². The zero-order chi connectivity index (χ0) is 14.9. The predicted molar refractivity (Wildman–Crippen MR) is 81.1 cm³/mol. The van der Waals surface area contributed by atoms with Gasteiger partial charge in [-0.3, -0.25) is 4.90 Å². The highest BCUT2D eigenvalue weighted by molar-refractivity contribution is 7.89. The Labute approximate surface area is 120 Å². The van der Waals surface area contributed by atoms with Crippen molar-refractivity contribution in [2.75, 3.05) is 36.8 Å². The number of anilines is 2. The summed E-state index contributed by atoms with van der Waals surface area (Å²) in [7, 11) is -3.73. The summed E-state index contributed by atoms with van der Waals surface area (Å²) in [5, 5.41) is 5.18. The first-order valence-electron chi connectivity index (χ1n) is 6.73. The van der Waals surface area contributed by atoms with E-state index in [0.29, 0.717) is 11.7 Å². The van der Waals surface area contributed by atoms with Crippen LogP contribution in [0.3, 0.4) is 0 Å². The second kappa shape index (κ2) is 5.59. The average Bonchev–Trinajstić information content (AvgIpc) is 2.37. The molecule has 0 amide bonds. The van der Waals surface area contributed by atoms with Crippen LogP contribution in [0.15, 0.2) is 23.1 Å². The molecule has 2 rings (SSSR count). The molecule has 20 heavy (non-hydrogen) atoms. The second-order valence-corrected chi connectivity index (χ2v) is 6.79. The van der Waals surface area contributed by atoms with Crippen LogP contribution in [0.5, 0.6) is 0 Å². The van der Waals surface area contributed by atoms with Gasteiger partial charge in [-0.1, -0.05) is 6.92 Å². The summed E-state index contributed by atoms with van der Waals surface area (Å²) >= 11 is 0. The van der Waals surface area contributed by atoms with Crippen LogP contribution in [-0.2, 0) is 10.0 Å². The topological polar surface area (TPSA) is 92.7 Å². The fourth-order valence-corrected chi connectivity index (χ4v) is 3.24. The molecule has 0 saturated carbocycles. The first kappa shape index (κ1) is 15.1. The van der Waals surface area contributed by atoms with Crippen LogP contribution in [0.4, 0.5) is 11.4 Å². The van der Waals surface area contributed by atoms with E-state index in [0.717, 1.165) is 31.9 Å². The normalized spacial score (nSPS) is 21.1. The zero-order valence-corrected chi connectivity index (χ0v) is 12.7. The van der Waals surface area contributed by atoms with Crippen molar-refractivity contribution in [1.82, 2.24) is 4.90 Å². The molecule has 0 aromatic heterocycles. The molecular weight excluding hydrogens is 276 g/mol. The third-order valence-corrected chi connectivity index (χ3v) is 4.67. The maximum Gasteiger partial charge on any atom is 0.238 e. The van der Waals surface area contributed by atoms with E-state index >= 15 is 0 Å². The standard InChI is InChI=1S/C13H22N4O2S/c1-3-16-4-5-17(9-10(16)2)12-6-11(14)7-13(8-12)20(15,18)19/h6-8,10H,3-5,9,14H2,1-2H3,(H2,15,18,19). The molecule has 1 aromatic carbocycles. The van der Waals surface area contributed by atoms with Crippen LogP contribution in [0, 0.1) is 0 Å². The van der Waals surface area contributed by atoms with Gasteiger partial charge in [0.25, 0.3) is 0 Å². The average molecular weight is 298 g/mol. The highest BCUT2D eigenvalue weighted by Crippen LogP contribution is 2.25. The number of hydrogen-bond acceptors (Lipinski definition) is 5. The Morgan fingerprint density at radius 3 is 2.55 bits per heavy atom. The Kier molecular flexibility index (Phi) is 4.22. The Bertz CT molecular complexity index is 588. The Morgan fingerprint density at radius 2 is 2.00 bits per heavy atom. The minimum atomic E-state index is -3.73. The molecule has 0 radical (unpaired) electrons. The molecule has 0 aliphatic carbocycles. The van der Waals surface area contributed by atoms with Gasteiger partial charge >= 0.3 is 0 Å². The van der Waals surface area contributed by atoms with Gasteiger partial charge in [0.05, 0.1) is 4.90 Å². The van der Waals surface area contributed by atoms with E-state index in [1.54, 1.807) is 12.1 Å². The zero-order valence-electron chi connectivity index (χ0n) is 11.9. The number of hydrogen-bond donors (Lipinski definition) is 2. The van der Waals surface area contributed by atoms with Gasteiger partial charge in [0.15, 0.2) is 0 Å². The van der Waals surface area contributed by atoms with Crippen LogP contribution >= 0.6 is 0 Å². The molecule has 6 nitrogen and oxygen atoms in total. The van der Waals surface area contributed by atoms with E-state index in [2.05, 4.69) is 23.6 Å². The summed E-state index contributed by atoms with van der Waals surface area (Å²) in [4.78, 5) is 4.61. The number of nitrogen functional groups attached to an aromatic ring is 1. The van der Waals surface area contributed by atoms with Gasteiger partial charge in [-0.2, -0.15) is 0 Å². The van der Waals surface area contributed by atoms with Gasteiger partial charge in [-0.05, 0) is 31.7 Å². The number of sulfonamides is 1. The van der Waals surface area contributed by atoms with Crippen LogP contribution in [0.1, 0.15) is 13.8 Å². The Balaban J connectivity index is 2.28. The van der Waals surface area contributed by atoms with E-state index in [1.165, 1.54) is 6.07 Å². The summed E-state index contributed by atoms with van der Waals surface area (Å²) in [5.74, 6) is 0. The fraction of sp³-hybridized carbons (Fsp3) is 0.538. The number of benzene rings is 1. The molecular formula is C13H22N4O2S. The quantitative estimate of drug-likeness (QED) is 0.790. The lowest BCUT2D eigenvalue weighted by molar-refractivity contribution is 0.199. The number of primary sulfonamides is 1. The summed E-state index contributed by atoms with van der Waals surface area (Å²) in [5.41, 5.74) is 7.02. The van der Waals surface area contributed by atoms with Crippen LogP contribution in [0.25, 0.3) is 0 Å². The maximum atomic E-state index is 11.5. The summed E-state index contributed by atoms with van der Waals surface area (Å²) in [6.07, 6.45) is 0. The van der Waals surface area contributed by atoms with Crippen molar-refractivity contribution in [3.05, 3.63) is 18.2 Å². The van der Waals surface area contributed by atoms with Crippen LogP contribution < -0.4 is 15.8 Å². The lowest BCUT2D eigenvalue weighted by Gasteiger charge is -2.40. The van der Waals surface area contributed by atoms with E-state index < -0.39 is 10.0 Å². The van der Waals surface area contributed by atoms with Crippen molar-refractivity contribution >= 4 is 21.4 Å². The Hall–Kier alpha value is -1.31. The molecule has 112 valence electrons. The number of nitrogens with two attached hydrogens (primary N) is 2. The molecule has 1 fully saturated rings. The molecule has 4 N–H and O–H groups in total. The second-order valence-electron chi connectivity index (χ2n) is 5.23. The van der Waals surface area contributed by atoms with Gasteiger partial charge in [-0.25, -0.2) is 13.6 Å². The molecule has 1 aliphatic rings. The first-order valence-corrected chi connectivity index (χ1v) is 8.28. The van der Waals surface area contributed by atoms with Gasteiger partial charge in [0, 0.05) is 37.1 Å². The molecule has 1 atom stereocenters. The van der Waals surface area contributed by atoms with Gasteiger partial charge in [0.2, 0.25) is 10.0 Å². The van der Waals surface area contributed by atoms with Crippen LogP contribution in [-0.4, -0.2) is 45.5 Å². The summed E-state index contributed by atoms with van der Waals surface area (Å²) in [6, 6.07) is 5.21. The molecule has 1 saturated heterocycles. The number of rotatable bonds is 3. The van der Waals surface area contributed by atoms with E-state index in [9.17, 15) is 8.42 Å². The third-order valence-electron chi connectivity index (χ3n) is 3.78. The number of nitrogens with zero attached hydrogens (tertiary/aromatic N) is 2. The summed E-state index contributed by atoms with van der Waals surface area (Å²) in [6.45, 7) is 7.99. The minimum Gasteiger partial charge on any atom is -0.399 e. The first-order chi connectivity index (χ1) is 9.31. The highest BCUT2D eigenvalue weighted by Gasteiger charge is 2.23. The fourth-order valence-electron chi connectivity index (χ4n) is 2.65. The summed E-state index contributed by atoms with van der Waals surface area (Å²) < 4.78 is 23.0. The van der Waals surface area contributed by atoms with Crippen molar-refractivity contribution in [2.45, 2.75) is 24.8 Å². The van der Waals surface area contributed by atoms with E-state index in [1.807, 2.05) is 0 Å². The monoisotopic (exact) mass is 298 g/mol. The van der Waals surface area contributed by atoms with Crippen molar-refractivity contribution in [3.8, 4) is 0 Å². The third kappa shape index (κ3) is 3.23. The molecule has 1 aliphatic heterocycles. The maximum absolute atomic E-state index is 11.5. The molecule has 0 spiro atoms. The van der Waals surface area contributed by atoms with Crippen molar-refractivity contribution in [1.29, 1.82) is 0 Å². The van der Waals surface area contributed by atoms with E-state index in [4.69, 9.17) is 10.9 Å².